The number of carbonyl (C=O) groups is 1. The Morgan fingerprint density at radius 1 is 1.39 bits per heavy atom. The van der Waals surface area contributed by atoms with E-state index in [4.69, 9.17) is 5.11 Å². The summed E-state index contributed by atoms with van der Waals surface area (Å²) in [4.78, 5) is 16.0. The molecule has 0 spiro atoms. The molecule has 1 amide bonds. The van der Waals surface area contributed by atoms with Crippen LogP contribution in [0.5, 0.6) is 5.88 Å². The molecule has 0 bridgehead atoms. The molecule has 1 aliphatic rings. The number of fused-ring (bicyclic) bond motifs is 1. The Labute approximate surface area is 102 Å². The molecule has 18 heavy (non-hydrogen) atoms. The van der Waals surface area contributed by atoms with Gasteiger partial charge in [-0.25, -0.2) is 9.78 Å². The summed E-state index contributed by atoms with van der Waals surface area (Å²) in [6.07, 6.45) is -1.09. The van der Waals surface area contributed by atoms with E-state index in [-0.39, 0.29) is 19.0 Å². The number of pyridine rings is 1. The summed E-state index contributed by atoms with van der Waals surface area (Å²) in [6.45, 7) is 0.707. The van der Waals surface area contributed by atoms with Crippen LogP contribution in [0.2, 0.25) is 0 Å². The minimum absolute atomic E-state index is 0.0286. The lowest BCUT2D eigenvalue weighted by Crippen LogP contribution is -2.22. The summed E-state index contributed by atoms with van der Waals surface area (Å²) in [7, 11) is 0. The van der Waals surface area contributed by atoms with Crippen molar-refractivity contribution in [3.8, 4) is 5.88 Å². The Bertz CT molecular complexity index is 506. The summed E-state index contributed by atoms with van der Waals surface area (Å²) < 4.78 is 28.9. The topological polar surface area (TPSA) is 62.7 Å². The van der Waals surface area contributed by atoms with E-state index < -0.39 is 12.7 Å². The molecule has 0 saturated heterocycles. The van der Waals surface area contributed by atoms with Gasteiger partial charge in [0.25, 0.3) is 0 Å². The maximum atomic E-state index is 12.3. The van der Waals surface area contributed by atoms with Crippen LogP contribution in [0.4, 0.5) is 13.6 Å². The van der Waals surface area contributed by atoms with Crippen molar-refractivity contribution in [2.24, 2.45) is 0 Å². The summed E-state index contributed by atoms with van der Waals surface area (Å²) in [5.74, 6) is -0.174. The van der Waals surface area contributed by atoms with Gasteiger partial charge in [0.1, 0.15) is 0 Å². The normalized spacial score (nSPS) is 13.9. The predicted octanol–water partition coefficient (Wildman–Crippen LogP) is 2.29. The number of aromatic nitrogens is 1. The number of rotatable bonds is 2. The SMILES string of the molecule is Cc1nc(OC(F)F)c2c(c1C)CN(C(=O)O)C2. The quantitative estimate of drug-likeness (QED) is 0.884. The molecule has 0 fully saturated rings. The number of nitrogens with zero attached hydrogens (tertiary/aromatic N) is 2. The molecule has 0 saturated carbocycles. The molecule has 5 nitrogen and oxygen atoms in total. The van der Waals surface area contributed by atoms with Gasteiger partial charge in [0, 0.05) is 11.3 Å². The van der Waals surface area contributed by atoms with Gasteiger partial charge in [-0.2, -0.15) is 8.78 Å². The van der Waals surface area contributed by atoms with E-state index in [1.54, 1.807) is 13.8 Å². The third-order valence-electron chi connectivity index (χ3n) is 3.06. The van der Waals surface area contributed by atoms with E-state index in [1.807, 2.05) is 0 Å². The van der Waals surface area contributed by atoms with Crippen LogP contribution in [0.1, 0.15) is 22.4 Å². The van der Waals surface area contributed by atoms with Crippen molar-refractivity contribution in [2.75, 3.05) is 0 Å². The van der Waals surface area contributed by atoms with Crippen LogP contribution in [-0.2, 0) is 13.1 Å². The molecular formula is C11H12F2N2O3. The van der Waals surface area contributed by atoms with E-state index in [2.05, 4.69) is 9.72 Å². The Balaban J connectivity index is 2.45. The van der Waals surface area contributed by atoms with Crippen LogP contribution in [0, 0.1) is 13.8 Å². The Kier molecular flexibility index (Phi) is 3.06. The molecular weight excluding hydrogens is 246 g/mol. The Hall–Kier alpha value is -1.92. The average molecular weight is 258 g/mol. The number of hydrogen-bond acceptors (Lipinski definition) is 3. The summed E-state index contributed by atoms with van der Waals surface area (Å²) in [5, 5.41) is 8.93. The van der Waals surface area contributed by atoms with Crippen molar-refractivity contribution in [3.63, 3.8) is 0 Å². The van der Waals surface area contributed by atoms with Crippen molar-refractivity contribution in [1.29, 1.82) is 0 Å². The van der Waals surface area contributed by atoms with Crippen LogP contribution in [0.3, 0.4) is 0 Å². The number of aryl methyl sites for hydroxylation is 1. The number of alkyl halides is 2. The molecule has 1 aliphatic heterocycles. The molecule has 7 heteroatoms. The monoisotopic (exact) mass is 258 g/mol. The average Bonchev–Trinajstić information content (AvgIpc) is 2.70. The van der Waals surface area contributed by atoms with Gasteiger partial charge in [0.15, 0.2) is 0 Å². The van der Waals surface area contributed by atoms with E-state index in [1.165, 1.54) is 0 Å². The van der Waals surface area contributed by atoms with Crippen LogP contribution >= 0.6 is 0 Å². The summed E-state index contributed by atoms with van der Waals surface area (Å²) in [6, 6.07) is 0. The molecule has 0 aromatic carbocycles. The first kappa shape index (κ1) is 12.5. The third-order valence-corrected chi connectivity index (χ3v) is 3.06. The van der Waals surface area contributed by atoms with Crippen LogP contribution in [0.15, 0.2) is 0 Å². The first-order valence-corrected chi connectivity index (χ1v) is 5.31. The fraction of sp³-hybridized carbons (Fsp3) is 0.455. The first-order chi connectivity index (χ1) is 8.40. The molecule has 2 rings (SSSR count). The van der Waals surface area contributed by atoms with Gasteiger partial charge in [-0.05, 0) is 25.0 Å². The minimum atomic E-state index is -2.97. The van der Waals surface area contributed by atoms with Crippen molar-refractivity contribution in [1.82, 2.24) is 9.88 Å². The van der Waals surface area contributed by atoms with Gasteiger partial charge in [-0.15, -0.1) is 0 Å². The minimum Gasteiger partial charge on any atom is -0.465 e. The van der Waals surface area contributed by atoms with Gasteiger partial charge in [0.05, 0.1) is 13.1 Å². The largest absolute Gasteiger partial charge is 0.465 e. The lowest BCUT2D eigenvalue weighted by atomic mass is 10.1. The van der Waals surface area contributed by atoms with Crippen LogP contribution in [0.25, 0.3) is 0 Å². The predicted molar refractivity (Wildman–Crippen MR) is 57.6 cm³/mol. The number of hydrogen-bond donors (Lipinski definition) is 1. The molecule has 0 radical (unpaired) electrons. The molecule has 1 aromatic rings. The van der Waals surface area contributed by atoms with Crippen LogP contribution < -0.4 is 4.74 Å². The van der Waals surface area contributed by atoms with E-state index >= 15 is 0 Å². The van der Waals surface area contributed by atoms with Gasteiger partial charge < -0.3 is 9.84 Å². The smallest absolute Gasteiger partial charge is 0.407 e. The lowest BCUT2D eigenvalue weighted by molar-refractivity contribution is -0.0536. The van der Waals surface area contributed by atoms with E-state index in [0.717, 1.165) is 10.5 Å². The molecule has 1 aromatic heterocycles. The Morgan fingerprint density at radius 3 is 2.56 bits per heavy atom. The molecule has 2 heterocycles. The summed E-state index contributed by atoms with van der Waals surface area (Å²) in [5.41, 5.74) is 2.52. The zero-order valence-electron chi connectivity index (χ0n) is 9.91. The maximum absolute atomic E-state index is 12.3. The highest BCUT2D eigenvalue weighted by molar-refractivity contribution is 5.67. The van der Waals surface area contributed by atoms with Gasteiger partial charge in [0.2, 0.25) is 5.88 Å². The zero-order valence-corrected chi connectivity index (χ0v) is 9.91. The van der Waals surface area contributed by atoms with E-state index in [0.29, 0.717) is 16.8 Å². The first-order valence-electron chi connectivity index (χ1n) is 5.31. The van der Waals surface area contributed by atoms with Gasteiger partial charge in [-0.3, -0.25) is 4.90 Å². The standard InChI is InChI=1S/C11H12F2N2O3/c1-5-6(2)14-9(18-10(12)13)8-4-15(11(16)17)3-7(5)8/h10H,3-4H2,1-2H3,(H,16,17). The zero-order chi connectivity index (χ0) is 13.4. The number of ether oxygens (including phenoxy) is 1. The van der Waals surface area contributed by atoms with Crippen molar-refractivity contribution in [2.45, 2.75) is 33.5 Å². The number of carboxylic acid groups (broad SMARTS) is 1. The van der Waals surface area contributed by atoms with Crippen molar-refractivity contribution in [3.05, 3.63) is 22.4 Å². The highest BCUT2D eigenvalue weighted by atomic mass is 19.3. The van der Waals surface area contributed by atoms with Crippen molar-refractivity contribution < 1.29 is 23.4 Å². The molecule has 0 aliphatic carbocycles. The third kappa shape index (κ3) is 2.07. The highest BCUT2D eigenvalue weighted by Gasteiger charge is 2.30. The highest BCUT2D eigenvalue weighted by Crippen LogP contribution is 2.33. The Morgan fingerprint density at radius 2 is 2.00 bits per heavy atom. The summed E-state index contributed by atoms with van der Waals surface area (Å²) >= 11 is 0. The molecule has 1 N–H and O–H groups in total. The van der Waals surface area contributed by atoms with E-state index in [9.17, 15) is 13.6 Å². The maximum Gasteiger partial charge on any atom is 0.407 e. The van der Waals surface area contributed by atoms with Gasteiger partial charge >= 0.3 is 12.7 Å². The molecule has 98 valence electrons. The second-order valence-corrected chi connectivity index (χ2v) is 4.10. The number of halogens is 2. The second-order valence-electron chi connectivity index (χ2n) is 4.10. The van der Waals surface area contributed by atoms with Crippen molar-refractivity contribution >= 4 is 6.09 Å². The van der Waals surface area contributed by atoms with Crippen LogP contribution in [-0.4, -0.2) is 27.7 Å². The number of amides is 1. The molecule has 0 atom stereocenters. The second kappa shape index (κ2) is 4.40. The molecule has 0 unspecified atom stereocenters. The fourth-order valence-electron chi connectivity index (χ4n) is 2.01. The van der Waals surface area contributed by atoms with Gasteiger partial charge in [-0.1, -0.05) is 0 Å². The fourth-order valence-corrected chi connectivity index (χ4v) is 2.01. The lowest BCUT2D eigenvalue weighted by Gasteiger charge is -2.11.